The third kappa shape index (κ3) is 13.3. The lowest BCUT2D eigenvalue weighted by Crippen LogP contribution is -2.51. The third-order valence-electron chi connectivity index (χ3n) is 12.7. The van der Waals surface area contributed by atoms with Crippen LogP contribution in [0.1, 0.15) is 74.9 Å². The lowest BCUT2D eigenvalue weighted by Gasteiger charge is -2.17. The Balaban J connectivity index is 0.000000176. The second-order valence-corrected chi connectivity index (χ2v) is 22.0. The number of hydrogen-bond acceptors (Lipinski definition) is 16. The number of hydrogen-bond donors (Lipinski definition) is 4. The number of rotatable bonds is 12. The van der Waals surface area contributed by atoms with Gasteiger partial charge in [0, 0.05) is 97.7 Å². The highest BCUT2D eigenvalue weighted by Crippen LogP contribution is 2.39. The lowest BCUT2D eigenvalue weighted by molar-refractivity contribution is -0.570. The summed E-state index contributed by atoms with van der Waals surface area (Å²) in [6, 6.07) is 16.7. The zero-order chi connectivity index (χ0) is 55.8. The van der Waals surface area contributed by atoms with E-state index in [1.807, 2.05) is 52.7 Å². The fraction of sp³-hybridized carbons (Fsp3) is 0.302. The summed E-state index contributed by atoms with van der Waals surface area (Å²) >= 11 is 0. The van der Waals surface area contributed by atoms with E-state index in [1.54, 1.807) is 71.5 Å². The predicted octanol–water partition coefficient (Wildman–Crippen LogP) is 5.85. The maximum atomic E-state index is 12.9. The molecule has 2 aliphatic carbocycles. The molecule has 0 saturated carbocycles. The molecule has 0 atom stereocenters. The molecule has 0 unspecified atom stereocenters. The molecule has 5 N–H and O–H groups in total. The number of fused-ring (bicyclic) bond motifs is 2. The molecular formula is C53H61N12O10S2+. The smallest absolute Gasteiger partial charge is 0.481 e. The van der Waals surface area contributed by atoms with E-state index >= 15 is 0 Å². The lowest BCUT2D eigenvalue weighted by atomic mass is 9.98. The van der Waals surface area contributed by atoms with Gasteiger partial charge in [-0.3, -0.25) is 9.13 Å². The number of urea groups is 1. The number of nitrogens with zero attached hydrogens (tertiary/aromatic N) is 8. The van der Waals surface area contributed by atoms with Crippen molar-refractivity contribution in [2.24, 2.45) is 0 Å². The molecule has 5 aromatic heterocycles. The number of ether oxygens (including phenoxy) is 2. The molecule has 2 aromatic carbocycles. The van der Waals surface area contributed by atoms with Gasteiger partial charge in [0.1, 0.15) is 22.2 Å². The maximum Gasteiger partial charge on any atom is 0.511 e. The van der Waals surface area contributed by atoms with Crippen LogP contribution in [0, 0.1) is 0 Å². The molecule has 3 amide bonds. The Kier molecular flexibility index (Phi) is 17.5. The van der Waals surface area contributed by atoms with Crippen molar-refractivity contribution in [1.82, 2.24) is 38.5 Å². The van der Waals surface area contributed by atoms with Gasteiger partial charge in [-0.2, -0.15) is 17.8 Å². The SMILES string of the molecule is CC(C)n1cc(S(=O)(=O)NC(=O)[n+]2ccc(N(C)C)cc2)cnc1=O.COc1cc(-c2ccc3c(c2N)CCC3)ccn1.COc1cc(-c2ccc3c(c2NC(=O)NS(=O)(=O)c2cnc(=O)n(C(C)C)c2)CCC3)ccn1. The fourth-order valence-electron chi connectivity index (χ4n) is 8.61. The van der Waals surface area contributed by atoms with Crippen LogP contribution >= 0.6 is 0 Å². The van der Waals surface area contributed by atoms with Gasteiger partial charge in [0.05, 0.1) is 32.3 Å². The number of aromatic nitrogens is 7. The molecule has 24 heteroatoms. The molecule has 0 fully saturated rings. The quantitative estimate of drug-likeness (QED) is 0.0825. The summed E-state index contributed by atoms with van der Waals surface area (Å²) in [5.41, 5.74) is 15.9. The standard InChI is InChI=1S/C23H25N5O5S.C15H19N5O4S.C15H16N2O/c1-14(2)28-13-17(12-25-23(28)30)34(31,32)27-22(29)26-21-18-6-4-5-15(18)7-8-19(21)16-9-10-24-20(11-16)33-3;1-11(2)20-10-13(9-16-14(20)21)25(23,24)17-15(22)19-7-5-12(6-8-19)18(3)4;1-18-14-9-11(7-8-17-14)13-6-5-10-3-2-4-12(10)15(13)16/h7-14H,4-6H2,1-3H3,(H2,26,27,29);5-11H,1-4H3;5-9H,2-4,16H2,1H3/p+1. The summed E-state index contributed by atoms with van der Waals surface area (Å²) in [6.45, 7) is 6.90. The Morgan fingerprint density at radius 2 is 1.14 bits per heavy atom. The molecular weight excluding hydrogens is 1030 g/mol. The summed E-state index contributed by atoms with van der Waals surface area (Å²) in [6.07, 6.45) is 16.5. The topological polar surface area (TPSA) is 286 Å². The summed E-state index contributed by atoms with van der Waals surface area (Å²) in [4.78, 5) is 65.2. The van der Waals surface area contributed by atoms with Gasteiger partial charge < -0.3 is 25.4 Å². The number of anilines is 3. The number of amides is 3. The van der Waals surface area contributed by atoms with Gasteiger partial charge in [-0.1, -0.05) is 24.3 Å². The van der Waals surface area contributed by atoms with Crippen LogP contribution in [0.4, 0.5) is 26.7 Å². The Hall–Kier alpha value is -8.51. The zero-order valence-electron chi connectivity index (χ0n) is 43.8. The van der Waals surface area contributed by atoms with Crippen LogP contribution in [0.25, 0.3) is 22.3 Å². The second-order valence-electron chi connectivity index (χ2n) is 18.6. The van der Waals surface area contributed by atoms with Crippen molar-refractivity contribution in [3.63, 3.8) is 0 Å². The van der Waals surface area contributed by atoms with Gasteiger partial charge in [-0.25, -0.2) is 47.5 Å². The number of aryl methyl sites for hydroxylation is 2. The highest BCUT2D eigenvalue weighted by atomic mass is 32.2. The molecule has 2 aliphatic rings. The Labute approximate surface area is 446 Å². The number of pyridine rings is 3. The molecule has 0 aliphatic heterocycles. The molecule has 5 heterocycles. The summed E-state index contributed by atoms with van der Waals surface area (Å²) < 4.78 is 68.2. The Morgan fingerprint density at radius 1 is 0.662 bits per heavy atom. The minimum absolute atomic E-state index is 0.264. The number of nitrogens with one attached hydrogen (secondary N) is 3. The van der Waals surface area contributed by atoms with Gasteiger partial charge >= 0.3 is 33.5 Å². The number of sulfonamides is 2. The molecule has 0 spiro atoms. The summed E-state index contributed by atoms with van der Waals surface area (Å²) in [7, 11) is -1.59. The van der Waals surface area contributed by atoms with Gasteiger partial charge in [0.15, 0.2) is 0 Å². The van der Waals surface area contributed by atoms with Crippen LogP contribution in [-0.2, 0) is 45.7 Å². The first kappa shape index (κ1) is 56.2. The average molecular weight is 1090 g/mol. The number of carbonyl (C=O) groups excluding carboxylic acids is 2. The Bertz CT molecular complexity index is 3680. The third-order valence-corrected chi connectivity index (χ3v) is 15.2. The molecule has 0 radical (unpaired) electrons. The van der Waals surface area contributed by atoms with Crippen LogP contribution in [0.5, 0.6) is 11.8 Å². The highest BCUT2D eigenvalue weighted by Gasteiger charge is 2.28. The molecule has 0 saturated heterocycles. The van der Waals surface area contributed by atoms with Crippen molar-refractivity contribution >= 4 is 49.2 Å². The fourth-order valence-corrected chi connectivity index (χ4v) is 10.4. The number of methoxy groups -OCH3 is 2. The van der Waals surface area contributed by atoms with Crippen LogP contribution in [-0.4, -0.2) is 86.3 Å². The predicted molar refractivity (Wildman–Crippen MR) is 290 cm³/mol. The second kappa shape index (κ2) is 24.0. The maximum absolute atomic E-state index is 12.9. The Morgan fingerprint density at radius 3 is 1.65 bits per heavy atom. The van der Waals surface area contributed by atoms with Crippen molar-refractivity contribution in [2.45, 2.75) is 88.1 Å². The monoisotopic (exact) mass is 1090 g/mol. The normalized spacial score (nSPS) is 12.5. The van der Waals surface area contributed by atoms with Gasteiger partial charge in [0.25, 0.3) is 10.0 Å². The summed E-state index contributed by atoms with van der Waals surface area (Å²) in [5.74, 6) is 1.04. The number of benzene rings is 2. The van der Waals surface area contributed by atoms with Crippen LogP contribution < -0.4 is 50.8 Å². The minimum Gasteiger partial charge on any atom is -0.481 e. The van der Waals surface area contributed by atoms with Crippen LogP contribution in [0.15, 0.2) is 130 Å². The molecule has 7 aromatic rings. The molecule has 404 valence electrons. The number of nitrogen functional groups attached to an aromatic ring is 1. The first-order valence-corrected chi connectivity index (χ1v) is 27.4. The van der Waals surface area contributed by atoms with E-state index in [1.165, 1.54) is 52.4 Å². The van der Waals surface area contributed by atoms with Crippen molar-refractivity contribution in [3.8, 4) is 34.0 Å². The van der Waals surface area contributed by atoms with Crippen molar-refractivity contribution in [3.05, 3.63) is 153 Å². The highest BCUT2D eigenvalue weighted by molar-refractivity contribution is 7.90. The van der Waals surface area contributed by atoms with Crippen LogP contribution in [0.2, 0.25) is 0 Å². The van der Waals surface area contributed by atoms with E-state index in [9.17, 15) is 36.0 Å². The molecule has 9 rings (SSSR count). The molecule has 0 bridgehead atoms. The van der Waals surface area contributed by atoms with Gasteiger partial charge in [-0.05, 0) is 112 Å². The molecule has 22 nitrogen and oxygen atoms in total. The number of nitrogens with two attached hydrogens (primary N) is 1. The number of carbonyl (C=O) groups is 2. The van der Waals surface area contributed by atoms with E-state index < -0.39 is 43.5 Å². The summed E-state index contributed by atoms with van der Waals surface area (Å²) in [5, 5.41) is 2.74. The van der Waals surface area contributed by atoms with E-state index in [0.717, 1.165) is 100 Å². The van der Waals surface area contributed by atoms with Crippen molar-refractivity contribution in [1.29, 1.82) is 0 Å². The minimum atomic E-state index is -4.27. The van der Waals surface area contributed by atoms with Gasteiger partial charge in [-0.15, -0.1) is 4.72 Å². The van der Waals surface area contributed by atoms with Crippen molar-refractivity contribution < 1.29 is 40.5 Å². The molecule has 77 heavy (non-hydrogen) atoms. The first-order valence-electron chi connectivity index (χ1n) is 24.4. The zero-order valence-corrected chi connectivity index (χ0v) is 45.5. The first-order chi connectivity index (χ1) is 36.6. The van der Waals surface area contributed by atoms with Gasteiger partial charge in [0.2, 0.25) is 11.8 Å². The average Bonchev–Trinajstić information content (AvgIpc) is 4.11. The van der Waals surface area contributed by atoms with E-state index in [0.29, 0.717) is 17.4 Å². The van der Waals surface area contributed by atoms with E-state index in [2.05, 4.69) is 37.4 Å². The van der Waals surface area contributed by atoms with E-state index in [4.69, 9.17) is 15.2 Å². The van der Waals surface area contributed by atoms with Crippen molar-refractivity contribution in [2.75, 3.05) is 44.3 Å². The largest absolute Gasteiger partial charge is 0.511 e. The van der Waals surface area contributed by atoms with Crippen LogP contribution in [0.3, 0.4) is 0 Å². The van der Waals surface area contributed by atoms with E-state index in [-0.39, 0.29) is 21.9 Å².